The van der Waals surface area contributed by atoms with Gasteiger partial charge in [-0.15, -0.1) is 0 Å². The van der Waals surface area contributed by atoms with E-state index in [1.807, 2.05) is 36.4 Å². The Morgan fingerprint density at radius 2 is 1.78 bits per heavy atom. The van der Waals surface area contributed by atoms with E-state index in [-0.39, 0.29) is 22.8 Å². The number of fused-ring (bicyclic) bond motifs is 1. The van der Waals surface area contributed by atoms with Crippen LogP contribution in [0.2, 0.25) is 0 Å². The summed E-state index contributed by atoms with van der Waals surface area (Å²) in [6, 6.07) is 17.6. The summed E-state index contributed by atoms with van der Waals surface area (Å²) >= 11 is 0.726. The molecule has 0 bridgehead atoms. The third-order valence-electron chi connectivity index (χ3n) is 4.44. The lowest BCUT2D eigenvalue weighted by atomic mass is 10.0. The van der Waals surface area contributed by atoms with Gasteiger partial charge in [0.25, 0.3) is 5.24 Å². The molecule has 1 aliphatic heterocycles. The molecular weight excluding hydrogens is 365 g/mol. The maximum absolute atomic E-state index is 13.7. The number of amides is 1. The molecule has 3 aromatic carbocycles. The van der Waals surface area contributed by atoms with E-state index in [2.05, 4.69) is 5.32 Å². The van der Waals surface area contributed by atoms with Gasteiger partial charge in [-0.3, -0.25) is 9.59 Å². The highest BCUT2D eigenvalue weighted by Gasteiger charge is 2.31. The molecule has 1 amide bonds. The molecule has 0 radical (unpaired) electrons. The zero-order valence-corrected chi connectivity index (χ0v) is 15.1. The fourth-order valence-corrected chi connectivity index (χ4v) is 3.70. The molecule has 1 N–H and O–H groups in total. The number of rotatable bonds is 5. The van der Waals surface area contributed by atoms with Crippen LogP contribution in [-0.4, -0.2) is 16.4 Å². The van der Waals surface area contributed by atoms with Crippen molar-refractivity contribution < 1.29 is 18.7 Å². The first-order valence-corrected chi connectivity index (χ1v) is 9.31. The monoisotopic (exact) mass is 381 g/mol. The Hall–Kier alpha value is -2.86. The number of nitrogens with one attached hydrogen (secondary N) is 1. The highest BCUT2D eigenvalue weighted by molar-refractivity contribution is 8.26. The fraction of sp³-hybridized carbons (Fsp3) is 0.143. The van der Waals surface area contributed by atoms with Crippen molar-refractivity contribution in [1.82, 2.24) is 5.32 Å². The summed E-state index contributed by atoms with van der Waals surface area (Å²) in [5.74, 6) is 0.378. The average molecular weight is 381 g/mol. The van der Waals surface area contributed by atoms with Gasteiger partial charge in [0.2, 0.25) is 5.12 Å². The molecule has 27 heavy (non-hydrogen) atoms. The minimum atomic E-state index is -0.469. The summed E-state index contributed by atoms with van der Waals surface area (Å²) in [5.41, 5.74) is 1.48. The summed E-state index contributed by atoms with van der Waals surface area (Å²) in [6.45, 7) is 0.164. The predicted octanol–water partition coefficient (Wildman–Crippen LogP) is 4.45. The Balaban J connectivity index is 1.48. The summed E-state index contributed by atoms with van der Waals surface area (Å²) in [4.78, 5) is 23.0. The molecule has 3 aromatic rings. The van der Waals surface area contributed by atoms with Crippen LogP contribution in [0.5, 0.6) is 5.75 Å². The quantitative estimate of drug-likeness (QED) is 0.709. The predicted molar refractivity (Wildman–Crippen MR) is 103 cm³/mol. The first-order valence-electron chi connectivity index (χ1n) is 8.49. The maximum atomic E-state index is 13.7. The van der Waals surface area contributed by atoms with Crippen molar-refractivity contribution in [2.24, 2.45) is 0 Å². The van der Waals surface area contributed by atoms with Gasteiger partial charge >= 0.3 is 0 Å². The van der Waals surface area contributed by atoms with Gasteiger partial charge in [-0.05, 0) is 34.5 Å². The van der Waals surface area contributed by atoms with Gasteiger partial charge in [0.15, 0.2) is 0 Å². The van der Waals surface area contributed by atoms with Crippen LogP contribution in [0.15, 0.2) is 60.7 Å². The highest BCUT2D eigenvalue weighted by Crippen LogP contribution is 2.25. The largest absolute Gasteiger partial charge is 0.489 e. The minimum absolute atomic E-state index is 0.142. The van der Waals surface area contributed by atoms with Gasteiger partial charge in [-0.2, -0.15) is 0 Å². The van der Waals surface area contributed by atoms with Crippen molar-refractivity contribution in [3.05, 3.63) is 77.6 Å². The van der Waals surface area contributed by atoms with Gasteiger partial charge < -0.3 is 10.1 Å². The van der Waals surface area contributed by atoms with Crippen molar-refractivity contribution >= 4 is 32.9 Å². The van der Waals surface area contributed by atoms with Gasteiger partial charge in [0.05, 0.1) is 0 Å². The zero-order valence-electron chi connectivity index (χ0n) is 14.3. The van der Waals surface area contributed by atoms with Crippen LogP contribution in [0.25, 0.3) is 10.8 Å². The van der Waals surface area contributed by atoms with E-state index in [4.69, 9.17) is 4.74 Å². The van der Waals surface area contributed by atoms with Gasteiger partial charge in [-0.25, -0.2) is 4.39 Å². The number of carbonyl (C=O) groups excluding carboxylic acids is 2. The molecule has 1 fully saturated rings. The second-order valence-electron chi connectivity index (χ2n) is 6.33. The van der Waals surface area contributed by atoms with Crippen molar-refractivity contribution in [1.29, 1.82) is 0 Å². The first kappa shape index (κ1) is 17.5. The number of hydrogen-bond donors (Lipinski definition) is 1. The second kappa shape index (κ2) is 7.40. The lowest BCUT2D eigenvalue weighted by molar-refractivity contribution is -0.112. The van der Waals surface area contributed by atoms with Crippen LogP contribution in [0.1, 0.15) is 11.1 Å². The molecule has 136 valence electrons. The average Bonchev–Trinajstić information content (AvgIpc) is 2.98. The van der Waals surface area contributed by atoms with Crippen LogP contribution in [0.3, 0.4) is 0 Å². The van der Waals surface area contributed by atoms with Gasteiger partial charge in [0.1, 0.15) is 24.2 Å². The lowest BCUT2D eigenvalue weighted by Crippen LogP contribution is -2.30. The van der Waals surface area contributed by atoms with E-state index < -0.39 is 6.04 Å². The van der Waals surface area contributed by atoms with Crippen molar-refractivity contribution in [2.75, 3.05) is 0 Å². The van der Waals surface area contributed by atoms with Gasteiger partial charge in [0, 0.05) is 23.7 Å². The van der Waals surface area contributed by atoms with Crippen LogP contribution < -0.4 is 10.1 Å². The first-order chi connectivity index (χ1) is 13.1. The van der Waals surface area contributed by atoms with Crippen molar-refractivity contribution in [3.63, 3.8) is 0 Å². The Morgan fingerprint density at radius 1 is 1.00 bits per heavy atom. The lowest BCUT2D eigenvalue weighted by Gasteiger charge is -2.10. The van der Waals surface area contributed by atoms with Crippen LogP contribution in [0, 0.1) is 5.82 Å². The molecule has 0 aliphatic carbocycles. The fourth-order valence-electron chi connectivity index (χ4n) is 3.03. The van der Waals surface area contributed by atoms with Crippen LogP contribution in [-0.2, 0) is 17.8 Å². The van der Waals surface area contributed by atoms with E-state index in [1.54, 1.807) is 18.2 Å². The molecule has 1 aliphatic rings. The molecule has 0 saturated carbocycles. The molecule has 0 aromatic heterocycles. The van der Waals surface area contributed by atoms with E-state index in [0.717, 1.165) is 28.1 Å². The Bertz CT molecular complexity index is 1040. The van der Waals surface area contributed by atoms with Gasteiger partial charge in [-0.1, -0.05) is 42.5 Å². The Labute approximate surface area is 159 Å². The normalized spacial score (nSPS) is 16.6. The highest BCUT2D eigenvalue weighted by atomic mass is 32.2. The van der Waals surface area contributed by atoms with E-state index in [9.17, 15) is 14.0 Å². The Kier molecular flexibility index (Phi) is 4.81. The standard InChI is InChI=1S/C21H16FNO3S/c22-18-4-2-1-3-16(18)12-26-17-8-7-14-9-13(5-6-15(14)11-17)10-19-20(24)27-21(25)23-19/h1-9,11,19H,10,12H2,(H,23,25). The smallest absolute Gasteiger partial charge is 0.287 e. The number of carbonyl (C=O) groups is 2. The molecule has 1 unspecified atom stereocenters. The minimum Gasteiger partial charge on any atom is -0.489 e. The number of thioether (sulfide) groups is 1. The molecule has 6 heteroatoms. The molecule has 4 nitrogen and oxygen atoms in total. The summed E-state index contributed by atoms with van der Waals surface area (Å²) in [7, 11) is 0. The van der Waals surface area contributed by atoms with Crippen LogP contribution in [0.4, 0.5) is 9.18 Å². The van der Waals surface area contributed by atoms with Crippen molar-refractivity contribution in [3.8, 4) is 5.75 Å². The van der Waals surface area contributed by atoms with E-state index >= 15 is 0 Å². The number of benzene rings is 3. The summed E-state index contributed by atoms with van der Waals surface area (Å²) in [6.07, 6.45) is 0.471. The summed E-state index contributed by atoms with van der Waals surface area (Å²) < 4.78 is 19.4. The summed E-state index contributed by atoms with van der Waals surface area (Å²) in [5, 5.41) is 4.24. The van der Waals surface area contributed by atoms with E-state index in [0.29, 0.717) is 17.7 Å². The second-order valence-corrected chi connectivity index (χ2v) is 7.31. The molecule has 1 atom stereocenters. The molecule has 1 heterocycles. The van der Waals surface area contributed by atoms with Crippen LogP contribution >= 0.6 is 11.8 Å². The number of halogens is 1. The Morgan fingerprint density at radius 3 is 2.56 bits per heavy atom. The third-order valence-corrected chi connectivity index (χ3v) is 5.23. The topological polar surface area (TPSA) is 55.4 Å². The molecule has 4 rings (SSSR count). The number of hydrogen-bond acceptors (Lipinski definition) is 4. The SMILES string of the molecule is O=C1NC(Cc2ccc3cc(OCc4ccccc4F)ccc3c2)C(=O)S1. The van der Waals surface area contributed by atoms with Crippen molar-refractivity contribution in [2.45, 2.75) is 19.1 Å². The van der Waals surface area contributed by atoms with E-state index in [1.165, 1.54) is 6.07 Å². The zero-order chi connectivity index (χ0) is 18.8. The molecule has 0 spiro atoms. The maximum Gasteiger partial charge on any atom is 0.287 e. The molecular formula is C21H16FNO3S. The number of ether oxygens (including phenoxy) is 1. The third kappa shape index (κ3) is 3.95. The molecule has 1 saturated heterocycles.